The van der Waals surface area contributed by atoms with E-state index in [0.717, 1.165) is 18.7 Å². The van der Waals surface area contributed by atoms with Crippen LogP contribution >= 0.6 is 0 Å². The Morgan fingerprint density at radius 2 is 1.38 bits per heavy atom. The minimum absolute atomic E-state index is 0.0613. The van der Waals surface area contributed by atoms with E-state index >= 15 is 0 Å². The topological polar surface area (TPSA) is 23.6 Å². The van der Waals surface area contributed by atoms with Crippen molar-refractivity contribution >= 4 is 5.91 Å². The molecule has 0 spiro atoms. The quantitative estimate of drug-likeness (QED) is 0.651. The molecule has 0 N–H and O–H groups in total. The largest absolute Gasteiger partial charge is 0.340 e. The molecule has 29 heavy (non-hydrogen) atoms. The van der Waals surface area contributed by atoms with E-state index in [1.54, 1.807) is 12.1 Å². The van der Waals surface area contributed by atoms with Crippen molar-refractivity contribution in [3.8, 4) is 0 Å². The molecule has 1 aliphatic heterocycles. The smallest absolute Gasteiger partial charge is 0.227 e. The van der Waals surface area contributed by atoms with Crippen molar-refractivity contribution in [2.24, 2.45) is 0 Å². The zero-order valence-corrected chi connectivity index (χ0v) is 16.4. The summed E-state index contributed by atoms with van der Waals surface area (Å²) in [6.07, 6.45) is 0.249. The van der Waals surface area contributed by atoms with Gasteiger partial charge >= 0.3 is 0 Å². The van der Waals surface area contributed by atoms with Gasteiger partial charge in [0.15, 0.2) is 0 Å². The number of rotatable bonds is 5. The molecule has 0 atom stereocenters. The Morgan fingerprint density at radius 3 is 1.93 bits per heavy atom. The van der Waals surface area contributed by atoms with Gasteiger partial charge in [-0.25, -0.2) is 4.39 Å². The Balaban J connectivity index is 1.45. The predicted molar refractivity (Wildman–Crippen MR) is 113 cm³/mol. The molecule has 148 valence electrons. The fourth-order valence-corrected chi connectivity index (χ4v) is 4.05. The van der Waals surface area contributed by atoms with Crippen molar-refractivity contribution in [3.05, 3.63) is 107 Å². The molecule has 3 nitrogen and oxygen atoms in total. The van der Waals surface area contributed by atoms with Gasteiger partial charge in [0.1, 0.15) is 5.82 Å². The maximum absolute atomic E-state index is 13.4. The first kappa shape index (κ1) is 19.3. The first-order valence-corrected chi connectivity index (χ1v) is 10.1. The summed E-state index contributed by atoms with van der Waals surface area (Å²) in [6, 6.07) is 27.5. The van der Waals surface area contributed by atoms with Crippen LogP contribution in [-0.4, -0.2) is 41.9 Å². The highest BCUT2D eigenvalue weighted by molar-refractivity contribution is 5.78. The van der Waals surface area contributed by atoms with Crippen molar-refractivity contribution in [1.29, 1.82) is 0 Å². The molecule has 3 aromatic rings. The molecule has 0 saturated carbocycles. The third kappa shape index (κ3) is 4.72. The minimum Gasteiger partial charge on any atom is -0.340 e. The number of hydrogen-bond acceptors (Lipinski definition) is 2. The van der Waals surface area contributed by atoms with Gasteiger partial charge in [-0.2, -0.15) is 0 Å². The molecule has 1 fully saturated rings. The molecule has 4 rings (SSSR count). The lowest BCUT2D eigenvalue weighted by Crippen LogP contribution is -2.50. The summed E-state index contributed by atoms with van der Waals surface area (Å²) in [7, 11) is 0. The summed E-state index contributed by atoms with van der Waals surface area (Å²) in [6.45, 7) is 2.99. The van der Waals surface area contributed by atoms with Crippen LogP contribution < -0.4 is 0 Å². The van der Waals surface area contributed by atoms with E-state index in [1.165, 1.54) is 23.3 Å². The number of halogens is 1. The molecule has 3 aromatic carbocycles. The standard InChI is InChI=1S/C25H25FN2O/c26-23-13-7-8-20(18-23)19-24(29)27-14-16-28(17-15-27)25(21-9-3-1-4-10-21)22-11-5-2-6-12-22/h1-13,18,25H,14-17,19H2. The fourth-order valence-electron chi connectivity index (χ4n) is 4.05. The molecule has 0 bridgehead atoms. The highest BCUT2D eigenvalue weighted by atomic mass is 19.1. The Kier molecular flexibility index (Phi) is 6.01. The Hall–Kier alpha value is -2.98. The molecule has 1 saturated heterocycles. The van der Waals surface area contributed by atoms with Gasteiger partial charge in [-0.3, -0.25) is 9.69 Å². The lowest BCUT2D eigenvalue weighted by molar-refractivity contribution is -0.132. The predicted octanol–water partition coefficient (Wildman–Crippen LogP) is 4.30. The summed E-state index contributed by atoms with van der Waals surface area (Å²) in [5, 5.41) is 0. The molecule has 0 aliphatic carbocycles. The van der Waals surface area contributed by atoms with Crippen LogP contribution in [0.4, 0.5) is 4.39 Å². The molecular weight excluding hydrogens is 363 g/mol. The van der Waals surface area contributed by atoms with E-state index in [2.05, 4.69) is 53.4 Å². The van der Waals surface area contributed by atoms with Gasteiger partial charge in [-0.1, -0.05) is 72.8 Å². The van der Waals surface area contributed by atoms with Gasteiger partial charge < -0.3 is 4.90 Å². The van der Waals surface area contributed by atoms with E-state index < -0.39 is 0 Å². The van der Waals surface area contributed by atoms with Gasteiger partial charge in [0, 0.05) is 26.2 Å². The number of piperazine rings is 1. The van der Waals surface area contributed by atoms with Crippen LogP contribution in [0.2, 0.25) is 0 Å². The van der Waals surface area contributed by atoms with Gasteiger partial charge in [0.05, 0.1) is 12.5 Å². The van der Waals surface area contributed by atoms with Gasteiger partial charge in [0.25, 0.3) is 0 Å². The monoisotopic (exact) mass is 388 g/mol. The highest BCUT2D eigenvalue weighted by Gasteiger charge is 2.28. The van der Waals surface area contributed by atoms with Crippen molar-refractivity contribution in [2.75, 3.05) is 26.2 Å². The molecule has 0 aromatic heterocycles. The second-order valence-corrected chi connectivity index (χ2v) is 7.45. The normalized spacial score (nSPS) is 14.9. The molecular formula is C25H25FN2O. The van der Waals surface area contributed by atoms with Crippen molar-refractivity contribution in [2.45, 2.75) is 12.5 Å². The average Bonchev–Trinajstić information content (AvgIpc) is 2.76. The summed E-state index contributed by atoms with van der Waals surface area (Å²) >= 11 is 0. The van der Waals surface area contributed by atoms with Crippen LogP contribution in [0.5, 0.6) is 0 Å². The average molecular weight is 388 g/mol. The molecule has 0 unspecified atom stereocenters. The zero-order valence-electron chi connectivity index (χ0n) is 16.4. The molecule has 1 heterocycles. The number of carbonyl (C=O) groups is 1. The van der Waals surface area contributed by atoms with Gasteiger partial charge in [-0.15, -0.1) is 0 Å². The van der Waals surface area contributed by atoms with Crippen LogP contribution in [0.3, 0.4) is 0 Å². The lowest BCUT2D eigenvalue weighted by atomic mass is 9.96. The molecule has 4 heteroatoms. The highest BCUT2D eigenvalue weighted by Crippen LogP contribution is 2.29. The van der Waals surface area contributed by atoms with E-state index in [0.29, 0.717) is 13.1 Å². The maximum atomic E-state index is 13.4. The van der Waals surface area contributed by atoms with E-state index in [4.69, 9.17) is 0 Å². The third-order valence-electron chi connectivity index (χ3n) is 5.51. The maximum Gasteiger partial charge on any atom is 0.227 e. The molecule has 1 amide bonds. The summed E-state index contributed by atoms with van der Waals surface area (Å²) in [5.74, 6) is -0.236. The summed E-state index contributed by atoms with van der Waals surface area (Å²) in [4.78, 5) is 17.0. The number of amides is 1. The van der Waals surface area contributed by atoms with Gasteiger partial charge in [-0.05, 0) is 28.8 Å². The first-order valence-electron chi connectivity index (χ1n) is 10.1. The molecule has 1 aliphatic rings. The fraction of sp³-hybridized carbons (Fsp3) is 0.240. The SMILES string of the molecule is O=C(Cc1cccc(F)c1)N1CCN(C(c2ccccc2)c2ccccc2)CC1. The molecule has 0 radical (unpaired) electrons. The van der Waals surface area contributed by atoms with E-state index in [-0.39, 0.29) is 24.2 Å². The van der Waals surface area contributed by atoms with Crippen LogP contribution in [0, 0.1) is 5.82 Å². The van der Waals surface area contributed by atoms with Crippen LogP contribution in [-0.2, 0) is 11.2 Å². The Bertz CT molecular complexity index is 898. The van der Waals surface area contributed by atoms with Gasteiger partial charge in [0.2, 0.25) is 5.91 Å². The first-order chi connectivity index (χ1) is 14.2. The van der Waals surface area contributed by atoms with Crippen molar-refractivity contribution in [3.63, 3.8) is 0 Å². The van der Waals surface area contributed by atoms with Crippen LogP contribution in [0.25, 0.3) is 0 Å². The lowest BCUT2D eigenvalue weighted by Gasteiger charge is -2.40. The number of benzene rings is 3. The van der Waals surface area contributed by atoms with Crippen LogP contribution in [0.15, 0.2) is 84.9 Å². The van der Waals surface area contributed by atoms with E-state index in [1.807, 2.05) is 17.0 Å². The van der Waals surface area contributed by atoms with E-state index in [9.17, 15) is 9.18 Å². The summed E-state index contributed by atoms with van der Waals surface area (Å²) < 4.78 is 13.4. The second kappa shape index (κ2) is 9.01. The number of hydrogen-bond donors (Lipinski definition) is 0. The third-order valence-corrected chi connectivity index (χ3v) is 5.51. The van der Waals surface area contributed by atoms with Crippen molar-refractivity contribution in [1.82, 2.24) is 9.80 Å². The Morgan fingerprint density at radius 1 is 0.793 bits per heavy atom. The number of carbonyl (C=O) groups excluding carboxylic acids is 1. The Labute approximate surface area is 171 Å². The number of nitrogens with zero attached hydrogens (tertiary/aromatic N) is 2. The second-order valence-electron chi connectivity index (χ2n) is 7.45. The van der Waals surface area contributed by atoms with Crippen molar-refractivity contribution < 1.29 is 9.18 Å². The zero-order chi connectivity index (χ0) is 20.1. The van der Waals surface area contributed by atoms with Crippen LogP contribution in [0.1, 0.15) is 22.7 Å². The summed E-state index contributed by atoms with van der Waals surface area (Å²) in [5.41, 5.74) is 3.25. The minimum atomic E-state index is -0.298.